The summed E-state index contributed by atoms with van der Waals surface area (Å²) in [5, 5.41) is 8.34. The Morgan fingerprint density at radius 2 is 2.04 bits per heavy atom. The van der Waals surface area contributed by atoms with E-state index in [4.69, 9.17) is 0 Å². The van der Waals surface area contributed by atoms with Gasteiger partial charge in [0.1, 0.15) is 12.2 Å². The second-order valence-corrected chi connectivity index (χ2v) is 6.26. The number of hydrogen-bond acceptors (Lipinski definition) is 5. The third-order valence-electron chi connectivity index (χ3n) is 3.76. The number of amides is 2. The molecule has 0 spiro atoms. The lowest BCUT2D eigenvalue weighted by Crippen LogP contribution is -2.36. The number of nitrogens with zero attached hydrogens (tertiary/aromatic N) is 3. The van der Waals surface area contributed by atoms with E-state index in [9.17, 15) is 22.8 Å². The SMILES string of the molecule is O=C(Nc1ccc(-c2csnn2)cc1)C1CC(=O)N(CC(F)(F)F)C1. The largest absolute Gasteiger partial charge is 0.406 e. The summed E-state index contributed by atoms with van der Waals surface area (Å²) in [6.07, 6.45) is -4.69. The van der Waals surface area contributed by atoms with Gasteiger partial charge in [-0.1, -0.05) is 16.6 Å². The number of halogens is 3. The van der Waals surface area contributed by atoms with Crippen molar-refractivity contribution in [3.05, 3.63) is 29.6 Å². The second kappa shape index (κ2) is 6.79. The van der Waals surface area contributed by atoms with E-state index < -0.39 is 30.5 Å². The van der Waals surface area contributed by atoms with Gasteiger partial charge in [0, 0.05) is 29.6 Å². The standard InChI is InChI=1S/C15H13F3N4O2S/c16-15(17,18)8-22-6-10(5-13(22)23)14(24)19-11-3-1-9(2-4-11)12-7-25-21-20-12/h1-4,7,10H,5-6,8H2,(H,19,24). The van der Waals surface area contributed by atoms with Crippen molar-refractivity contribution in [3.8, 4) is 11.3 Å². The van der Waals surface area contributed by atoms with Crippen molar-refractivity contribution < 1.29 is 22.8 Å². The molecule has 1 fully saturated rings. The summed E-state index contributed by atoms with van der Waals surface area (Å²) >= 11 is 1.22. The lowest BCUT2D eigenvalue weighted by Gasteiger charge is -2.18. The maximum absolute atomic E-state index is 12.4. The lowest BCUT2D eigenvalue weighted by molar-refractivity contribution is -0.157. The van der Waals surface area contributed by atoms with Gasteiger partial charge in [0.2, 0.25) is 11.8 Å². The van der Waals surface area contributed by atoms with E-state index in [-0.39, 0.29) is 13.0 Å². The van der Waals surface area contributed by atoms with E-state index >= 15 is 0 Å². The normalized spacial score (nSPS) is 17.8. The summed E-state index contributed by atoms with van der Waals surface area (Å²) < 4.78 is 41.0. The smallest absolute Gasteiger partial charge is 0.333 e. The first-order valence-corrected chi connectivity index (χ1v) is 8.18. The van der Waals surface area contributed by atoms with E-state index in [1.165, 1.54) is 11.5 Å². The molecule has 6 nitrogen and oxygen atoms in total. The predicted octanol–water partition coefficient (Wildman–Crippen LogP) is 2.55. The molecule has 1 aliphatic rings. The number of alkyl halides is 3. The Balaban J connectivity index is 1.60. The molecule has 1 aliphatic heterocycles. The summed E-state index contributed by atoms with van der Waals surface area (Å²) in [6, 6.07) is 6.83. The number of rotatable bonds is 4. The van der Waals surface area contributed by atoms with Crippen LogP contribution in [0.5, 0.6) is 0 Å². The topological polar surface area (TPSA) is 75.2 Å². The maximum atomic E-state index is 12.4. The van der Waals surface area contributed by atoms with E-state index in [1.807, 2.05) is 0 Å². The molecule has 25 heavy (non-hydrogen) atoms. The molecular formula is C15H13F3N4O2S. The number of carbonyl (C=O) groups excluding carboxylic acids is 2. The van der Waals surface area contributed by atoms with Crippen LogP contribution in [0.15, 0.2) is 29.6 Å². The van der Waals surface area contributed by atoms with Crippen molar-refractivity contribution in [3.63, 3.8) is 0 Å². The number of likely N-dealkylation sites (tertiary alicyclic amines) is 1. The van der Waals surface area contributed by atoms with E-state index in [0.717, 1.165) is 5.56 Å². The number of nitrogens with one attached hydrogen (secondary N) is 1. The molecule has 1 N–H and O–H groups in total. The highest BCUT2D eigenvalue weighted by molar-refractivity contribution is 7.03. The molecule has 0 aliphatic carbocycles. The minimum atomic E-state index is -4.47. The molecule has 2 amide bonds. The van der Waals surface area contributed by atoms with Crippen LogP contribution in [-0.2, 0) is 9.59 Å². The van der Waals surface area contributed by atoms with Crippen LogP contribution in [-0.4, -0.2) is 45.6 Å². The van der Waals surface area contributed by atoms with E-state index in [0.29, 0.717) is 16.3 Å². The van der Waals surface area contributed by atoms with Gasteiger partial charge < -0.3 is 10.2 Å². The molecule has 1 atom stereocenters. The van der Waals surface area contributed by atoms with Crippen LogP contribution in [0, 0.1) is 5.92 Å². The average Bonchev–Trinajstić information content (AvgIpc) is 3.17. The van der Waals surface area contributed by atoms with Gasteiger partial charge in [0.25, 0.3) is 0 Å². The van der Waals surface area contributed by atoms with Crippen molar-refractivity contribution >= 4 is 29.0 Å². The van der Waals surface area contributed by atoms with E-state index in [2.05, 4.69) is 14.9 Å². The molecular weight excluding hydrogens is 357 g/mol. The molecule has 0 bridgehead atoms. The summed E-state index contributed by atoms with van der Waals surface area (Å²) in [5.74, 6) is -1.93. The van der Waals surface area contributed by atoms with Crippen molar-refractivity contribution in [2.45, 2.75) is 12.6 Å². The van der Waals surface area contributed by atoms with Gasteiger partial charge in [0.05, 0.1) is 5.92 Å². The highest BCUT2D eigenvalue weighted by Crippen LogP contribution is 2.25. The zero-order chi connectivity index (χ0) is 18.0. The molecule has 1 aromatic heterocycles. The highest BCUT2D eigenvalue weighted by atomic mass is 32.1. The van der Waals surface area contributed by atoms with Crippen LogP contribution in [0.2, 0.25) is 0 Å². The first kappa shape index (κ1) is 17.3. The quantitative estimate of drug-likeness (QED) is 0.898. The monoisotopic (exact) mass is 370 g/mol. The molecule has 0 radical (unpaired) electrons. The minimum Gasteiger partial charge on any atom is -0.333 e. The summed E-state index contributed by atoms with van der Waals surface area (Å²) in [5.41, 5.74) is 2.05. The van der Waals surface area contributed by atoms with Gasteiger partial charge in [-0.05, 0) is 23.7 Å². The van der Waals surface area contributed by atoms with Crippen molar-refractivity contribution in [1.29, 1.82) is 0 Å². The van der Waals surface area contributed by atoms with Crippen LogP contribution < -0.4 is 5.32 Å². The van der Waals surface area contributed by atoms with Crippen LogP contribution in [0.1, 0.15) is 6.42 Å². The zero-order valence-corrected chi connectivity index (χ0v) is 13.6. The van der Waals surface area contributed by atoms with Crippen LogP contribution in [0.25, 0.3) is 11.3 Å². The van der Waals surface area contributed by atoms with Crippen LogP contribution >= 0.6 is 11.5 Å². The summed E-state index contributed by atoms with van der Waals surface area (Å²) in [6.45, 7) is -1.56. The van der Waals surface area contributed by atoms with Crippen molar-refractivity contribution in [2.75, 3.05) is 18.4 Å². The van der Waals surface area contributed by atoms with Crippen LogP contribution in [0.4, 0.5) is 18.9 Å². The van der Waals surface area contributed by atoms with Gasteiger partial charge in [-0.15, -0.1) is 5.10 Å². The fourth-order valence-electron chi connectivity index (χ4n) is 2.58. The Bertz CT molecular complexity index is 762. The Labute approximate surface area is 144 Å². The Morgan fingerprint density at radius 3 is 2.64 bits per heavy atom. The van der Waals surface area contributed by atoms with Gasteiger partial charge in [-0.2, -0.15) is 13.2 Å². The third kappa shape index (κ3) is 4.32. The number of aromatic nitrogens is 2. The fourth-order valence-corrected chi connectivity index (χ4v) is 3.04. The van der Waals surface area contributed by atoms with Crippen LogP contribution in [0.3, 0.4) is 0 Å². The van der Waals surface area contributed by atoms with Gasteiger partial charge in [0.15, 0.2) is 0 Å². The maximum Gasteiger partial charge on any atom is 0.406 e. The summed E-state index contributed by atoms with van der Waals surface area (Å²) in [4.78, 5) is 24.5. The van der Waals surface area contributed by atoms with E-state index in [1.54, 1.807) is 29.6 Å². The second-order valence-electron chi connectivity index (χ2n) is 5.65. The van der Waals surface area contributed by atoms with Gasteiger partial charge >= 0.3 is 6.18 Å². The number of benzene rings is 1. The Hall–Kier alpha value is -2.49. The number of anilines is 1. The lowest BCUT2D eigenvalue weighted by atomic mass is 10.1. The highest BCUT2D eigenvalue weighted by Gasteiger charge is 2.40. The molecule has 3 rings (SSSR count). The minimum absolute atomic E-state index is 0.218. The third-order valence-corrected chi connectivity index (χ3v) is 4.27. The van der Waals surface area contributed by atoms with Gasteiger partial charge in [-0.25, -0.2) is 0 Å². The molecule has 1 unspecified atom stereocenters. The molecule has 2 heterocycles. The van der Waals surface area contributed by atoms with Crippen molar-refractivity contribution in [1.82, 2.24) is 14.5 Å². The average molecular weight is 370 g/mol. The predicted molar refractivity (Wildman–Crippen MR) is 84.7 cm³/mol. The molecule has 1 aromatic carbocycles. The number of hydrogen-bond donors (Lipinski definition) is 1. The summed E-state index contributed by atoms with van der Waals surface area (Å²) in [7, 11) is 0. The molecule has 10 heteroatoms. The molecule has 0 saturated carbocycles. The molecule has 132 valence electrons. The first-order valence-electron chi connectivity index (χ1n) is 7.35. The van der Waals surface area contributed by atoms with Crippen molar-refractivity contribution in [2.24, 2.45) is 5.92 Å². The Kier molecular flexibility index (Phi) is 4.71. The fraction of sp³-hybridized carbons (Fsp3) is 0.333. The zero-order valence-electron chi connectivity index (χ0n) is 12.8. The molecule has 2 aromatic rings. The van der Waals surface area contributed by atoms with Gasteiger partial charge in [-0.3, -0.25) is 9.59 Å². The first-order chi connectivity index (χ1) is 11.8. The molecule has 1 saturated heterocycles. The Morgan fingerprint density at radius 1 is 1.32 bits per heavy atom. The number of carbonyl (C=O) groups is 2.